The maximum atomic E-state index is 13.1. The van der Waals surface area contributed by atoms with E-state index in [1.807, 2.05) is 12.1 Å². The highest BCUT2D eigenvalue weighted by molar-refractivity contribution is 5.81. The van der Waals surface area contributed by atoms with Crippen molar-refractivity contribution in [3.05, 3.63) is 41.0 Å². The van der Waals surface area contributed by atoms with Gasteiger partial charge in [0.2, 0.25) is 18.4 Å². The van der Waals surface area contributed by atoms with Crippen LogP contribution in [0.1, 0.15) is 41.5 Å². The zero-order chi connectivity index (χ0) is 24.7. The highest BCUT2D eigenvalue weighted by Gasteiger charge is 2.53. The van der Waals surface area contributed by atoms with Crippen LogP contribution in [0.25, 0.3) is 0 Å². The summed E-state index contributed by atoms with van der Waals surface area (Å²) in [5, 5.41) is 13.6. The first-order valence-electron chi connectivity index (χ1n) is 11.5. The Hall–Kier alpha value is -3.66. The summed E-state index contributed by atoms with van der Waals surface area (Å²) in [7, 11) is 2.90. The lowest BCUT2D eigenvalue weighted by Gasteiger charge is -2.39. The molecule has 0 aromatic heterocycles. The molecule has 0 saturated carbocycles. The number of nitrogens with two attached hydrogens (primary N) is 1. The lowest BCUT2D eigenvalue weighted by molar-refractivity contribution is -0.141. The predicted octanol–water partition coefficient (Wildman–Crippen LogP) is 1.97. The van der Waals surface area contributed by atoms with Crippen LogP contribution in [0.4, 0.5) is 0 Å². The molecule has 1 aliphatic carbocycles. The largest absolute Gasteiger partial charge is 0.502 e. The predicted molar refractivity (Wildman–Crippen MR) is 123 cm³/mol. The molecular formula is C25H28N2O8. The van der Waals surface area contributed by atoms with Crippen LogP contribution in [-0.4, -0.2) is 51.1 Å². The molecule has 4 unspecified atom stereocenters. The minimum absolute atomic E-state index is 0.0895. The number of aromatic hydroxyl groups is 1. The van der Waals surface area contributed by atoms with Gasteiger partial charge in [-0.25, -0.2) is 0 Å². The maximum absolute atomic E-state index is 13.1. The van der Waals surface area contributed by atoms with Gasteiger partial charge >= 0.3 is 5.97 Å². The van der Waals surface area contributed by atoms with Crippen molar-refractivity contribution in [2.75, 3.05) is 34.2 Å². The Morgan fingerprint density at radius 2 is 1.74 bits per heavy atom. The number of benzene rings is 2. The molecule has 5 rings (SSSR count). The Balaban J connectivity index is 1.68. The SMILES string of the molecule is COc1cc(C2c3cc4c(cc3C(NC(=O)CCCN)C3COC(=O)C23)OCO4)cc(OC)c1O. The minimum atomic E-state index is -0.582. The summed E-state index contributed by atoms with van der Waals surface area (Å²) >= 11 is 0. The molecule has 35 heavy (non-hydrogen) atoms. The number of ether oxygens (including phenoxy) is 5. The van der Waals surface area contributed by atoms with Crippen molar-refractivity contribution < 1.29 is 38.4 Å². The molecule has 2 aromatic rings. The van der Waals surface area contributed by atoms with Crippen molar-refractivity contribution >= 4 is 11.9 Å². The molecule has 1 amide bonds. The molecule has 0 radical (unpaired) electrons. The average molecular weight is 485 g/mol. The summed E-state index contributed by atoms with van der Waals surface area (Å²) in [5.41, 5.74) is 7.91. The molecule has 4 atom stereocenters. The molecule has 0 bridgehead atoms. The fourth-order valence-corrected chi connectivity index (χ4v) is 5.35. The highest BCUT2D eigenvalue weighted by Crippen LogP contribution is 2.55. The van der Waals surface area contributed by atoms with Gasteiger partial charge < -0.3 is 39.8 Å². The van der Waals surface area contributed by atoms with Gasteiger partial charge in [0.05, 0.1) is 32.8 Å². The van der Waals surface area contributed by atoms with Gasteiger partial charge in [0.1, 0.15) is 0 Å². The van der Waals surface area contributed by atoms with E-state index < -0.39 is 17.9 Å². The summed E-state index contributed by atoms with van der Waals surface area (Å²) in [5.74, 6) is -0.392. The number of phenols is 1. The smallest absolute Gasteiger partial charge is 0.310 e. The van der Waals surface area contributed by atoms with Crippen molar-refractivity contribution in [1.29, 1.82) is 0 Å². The number of cyclic esters (lactones) is 1. The number of hydrogen-bond acceptors (Lipinski definition) is 9. The Morgan fingerprint density at radius 1 is 1.09 bits per heavy atom. The van der Waals surface area contributed by atoms with E-state index >= 15 is 0 Å². The van der Waals surface area contributed by atoms with Gasteiger partial charge in [-0.15, -0.1) is 0 Å². The molecule has 4 N–H and O–H groups in total. The fraction of sp³-hybridized carbons (Fsp3) is 0.440. The molecule has 2 aliphatic heterocycles. The van der Waals surface area contributed by atoms with Gasteiger partial charge in [0.25, 0.3) is 0 Å². The van der Waals surface area contributed by atoms with Crippen LogP contribution < -0.4 is 30.0 Å². The summed E-state index contributed by atoms with van der Waals surface area (Å²) < 4.78 is 27.5. The Labute approximate surface area is 202 Å². The van der Waals surface area contributed by atoms with Gasteiger partial charge in [0, 0.05) is 18.3 Å². The van der Waals surface area contributed by atoms with Gasteiger partial charge in [-0.05, 0) is 53.9 Å². The van der Waals surface area contributed by atoms with Crippen LogP contribution in [0.3, 0.4) is 0 Å². The number of esters is 1. The van der Waals surface area contributed by atoms with Crippen LogP contribution in [-0.2, 0) is 14.3 Å². The van der Waals surface area contributed by atoms with Gasteiger partial charge in [-0.1, -0.05) is 0 Å². The second kappa shape index (κ2) is 9.18. The third-order valence-corrected chi connectivity index (χ3v) is 6.97. The average Bonchev–Trinajstić information content (AvgIpc) is 3.48. The van der Waals surface area contributed by atoms with Gasteiger partial charge in [-0.2, -0.15) is 0 Å². The molecule has 2 aromatic carbocycles. The quantitative estimate of drug-likeness (QED) is 0.504. The van der Waals surface area contributed by atoms with Crippen LogP contribution >= 0.6 is 0 Å². The number of rotatable bonds is 7. The summed E-state index contributed by atoms with van der Waals surface area (Å²) in [6.07, 6.45) is 0.848. The maximum Gasteiger partial charge on any atom is 0.310 e. The van der Waals surface area contributed by atoms with E-state index in [2.05, 4.69) is 5.32 Å². The second-order valence-electron chi connectivity index (χ2n) is 8.84. The lowest BCUT2D eigenvalue weighted by atomic mass is 9.65. The Bertz CT molecular complexity index is 1140. The number of amides is 1. The van der Waals surface area contributed by atoms with E-state index in [4.69, 9.17) is 29.4 Å². The summed E-state index contributed by atoms with van der Waals surface area (Å²) in [6, 6.07) is 6.65. The molecule has 1 fully saturated rings. The number of carbonyl (C=O) groups is 2. The van der Waals surface area contributed by atoms with Crippen molar-refractivity contribution in [3.8, 4) is 28.7 Å². The first-order valence-corrected chi connectivity index (χ1v) is 11.5. The van der Waals surface area contributed by atoms with Crippen LogP contribution in [0, 0.1) is 11.8 Å². The molecule has 1 saturated heterocycles. The number of fused-ring (bicyclic) bond motifs is 3. The standard InChI is InChI=1S/C25H28N2O8/c1-31-18-6-12(7-19(32-2)24(18)29)21-13-8-16-17(35-11-34-16)9-14(13)23(27-20(28)4-3-5-26)15-10-33-25(30)22(15)21/h6-9,15,21-23,29H,3-5,10-11,26H2,1-2H3,(H,27,28). The van der Waals surface area contributed by atoms with Crippen molar-refractivity contribution in [3.63, 3.8) is 0 Å². The summed E-state index contributed by atoms with van der Waals surface area (Å²) in [6.45, 7) is 0.668. The Morgan fingerprint density at radius 3 is 2.37 bits per heavy atom. The number of methoxy groups -OCH3 is 2. The normalized spacial score (nSPS) is 23.8. The molecule has 10 nitrogen and oxygen atoms in total. The topological polar surface area (TPSA) is 139 Å². The number of carbonyl (C=O) groups excluding carboxylic acids is 2. The number of phenolic OH excluding ortho intramolecular Hbond substituents is 1. The molecule has 186 valence electrons. The van der Waals surface area contributed by atoms with E-state index in [9.17, 15) is 14.7 Å². The van der Waals surface area contributed by atoms with Gasteiger partial charge in [0.15, 0.2) is 23.0 Å². The highest BCUT2D eigenvalue weighted by atomic mass is 16.7. The lowest BCUT2D eigenvalue weighted by Crippen LogP contribution is -2.42. The first-order chi connectivity index (χ1) is 17.0. The van der Waals surface area contributed by atoms with Gasteiger partial charge in [-0.3, -0.25) is 9.59 Å². The summed E-state index contributed by atoms with van der Waals surface area (Å²) in [4.78, 5) is 25.8. The molecule has 2 heterocycles. The van der Waals surface area contributed by atoms with Crippen molar-refractivity contribution in [2.45, 2.75) is 24.8 Å². The van der Waals surface area contributed by atoms with Crippen molar-refractivity contribution in [2.24, 2.45) is 17.6 Å². The van der Waals surface area contributed by atoms with Crippen LogP contribution in [0.5, 0.6) is 28.7 Å². The van der Waals surface area contributed by atoms with E-state index in [1.165, 1.54) is 14.2 Å². The zero-order valence-electron chi connectivity index (χ0n) is 19.5. The van der Waals surface area contributed by atoms with Crippen LogP contribution in [0.15, 0.2) is 24.3 Å². The van der Waals surface area contributed by atoms with E-state index in [1.54, 1.807) is 12.1 Å². The molecule has 10 heteroatoms. The second-order valence-corrected chi connectivity index (χ2v) is 8.84. The van der Waals surface area contributed by atoms with E-state index in [-0.39, 0.29) is 54.9 Å². The number of hydrogen-bond donors (Lipinski definition) is 3. The molecule has 0 spiro atoms. The van der Waals surface area contributed by atoms with E-state index in [0.29, 0.717) is 30.0 Å². The van der Waals surface area contributed by atoms with Crippen molar-refractivity contribution in [1.82, 2.24) is 5.32 Å². The third kappa shape index (κ3) is 3.87. The van der Waals surface area contributed by atoms with Crippen LogP contribution in [0.2, 0.25) is 0 Å². The first kappa shape index (κ1) is 23.1. The minimum Gasteiger partial charge on any atom is -0.502 e. The third-order valence-electron chi connectivity index (χ3n) is 6.97. The molecule has 3 aliphatic rings. The Kier molecular flexibility index (Phi) is 6.06. The molecular weight excluding hydrogens is 456 g/mol. The fourth-order valence-electron chi connectivity index (χ4n) is 5.35. The number of nitrogens with one attached hydrogen (secondary N) is 1. The zero-order valence-corrected chi connectivity index (χ0v) is 19.5. The van der Waals surface area contributed by atoms with E-state index in [0.717, 1.165) is 11.1 Å². The monoisotopic (exact) mass is 484 g/mol.